The van der Waals surface area contributed by atoms with Gasteiger partial charge in [0.1, 0.15) is 0 Å². The van der Waals surface area contributed by atoms with E-state index in [1.165, 1.54) is 0 Å². The van der Waals surface area contributed by atoms with Crippen LogP contribution in [0.15, 0.2) is 30.6 Å². The van der Waals surface area contributed by atoms with Crippen LogP contribution in [0.4, 0.5) is 11.4 Å². The minimum Gasteiger partial charge on any atom is -0.370 e. The van der Waals surface area contributed by atoms with Gasteiger partial charge in [-0.15, -0.1) is 0 Å². The second-order valence-corrected chi connectivity index (χ2v) is 10.2. The van der Waals surface area contributed by atoms with Crippen molar-refractivity contribution < 1.29 is 13.2 Å². The summed E-state index contributed by atoms with van der Waals surface area (Å²) in [5, 5.41) is 3.52. The molecule has 3 aliphatic rings. The van der Waals surface area contributed by atoms with Gasteiger partial charge in [-0.25, -0.2) is 8.42 Å². The summed E-state index contributed by atoms with van der Waals surface area (Å²) in [5.41, 5.74) is 3.77. The second-order valence-electron chi connectivity index (χ2n) is 8.02. The first-order valence-corrected chi connectivity index (χ1v) is 11.7. The lowest BCUT2D eigenvalue weighted by Gasteiger charge is -2.39. The first-order valence-electron chi connectivity index (χ1n) is 9.67. The lowest BCUT2D eigenvalue weighted by Crippen LogP contribution is -2.44. The van der Waals surface area contributed by atoms with Crippen LogP contribution in [0.5, 0.6) is 0 Å². The monoisotopic (exact) mass is 432 g/mol. The summed E-state index contributed by atoms with van der Waals surface area (Å²) in [6, 6.07) is 5.56. The van der Waals surface area contributed by atoms with Gasteiger partial charge in [0, 0.05) is 37.6 Å². The predicted octanol–water partition coefficient (Wildman–Crippen LogP) is 2.76. The van der Waals surface area contributed by atoms with E-state index < -0.39 is 10.0 Å². The normalized spacial score (nSPS) is 21.7. The number of amides is 1. The molecular weight excluding hydrogens is 412 g/mol. The van der Waals surface area contributed by atoms with Gasteiger partial charge in [-0.1, -0.05) is 17.7 Å². The number of carbonyl (C=O) groups is 1. The number of hydrogen-bond acceptors (Lipinski definition) is 5. The lowest BCUT2D eigenvalue weighted by atomic mass is 9.77. The van der Waals surface area contributed by atoms with E-state index in [0.29, 0.717) is 10.7 Å². The molecular formula is C20H21ClN4O3S. The number of benzene rings is 1. The zero-order valence-corrected chi connectivity index (χ0v) is 17.3. The number of hydrogen-bond donors (Lipinski definition) is 2. The van der Waals surface area contributed by atoms with Crippen LogP contribution in [0, 0.1) is 5.41 Å². The van der Waals surface area contributed by atoms with E-state index in [2.05, 4.69) is 19.9 Å². The van der Waals surface area contributed by atoms with Crippen molar-refractivity contribution in [3.8, 4) is 11.1 Å². The number of piperidine rings is 1. The van der Waals surface area contributed by atoms with Gasteiger partial charge in [-0.3, -0.25) is 14.5 Å². The van der Waals surface area contributed by atoms with E-state index in [9.17, 15) is 13.2 Å². The smallest absolute Gasteiger partial charge is 0.237 e. The van der Waals surface area contributed by atoms with Crippen molar-refractivity contribution in [3.63, 3.8) is 0 Å². The second kappa shape index (κ2) is 6.60. The molecule has 2 fully saturated rings. The van der Waals surface area contributed by atoms with E-state index in [-0.39, 0.29) is 17.1 Å². The molecule has 0 unspecified atom stereocenters. The lowest BCUT2D eigenvalue weighted by molar-refractivity contribution is -0.128. The van der Waals surface area contributed by atoms with Crippen molar-refractivity contribution in [2.75, 3.05) is 29.3 Å². The standard InChI is InChI=1S/C20H21ClN4O3S/c21-16-11-22-10-15(13-1-2-17-14(9-13)12-29(27,28)24-17)18(16)25-7-4-20(5-8-25)3-6-23-19(20)26/h1-2,9-11,24H,3-8,12H2,(H,23,26). The maximum absolute atomic E-state index is 12.3. The molecule has 5 rings (SSSR count). The number of sulfonamides is 1. The summed E-state index contributed by atoms with van der Waals surface area (Å²) in [4.78, 5) is 18.8. The topological polar surface area (TPSA) is 91.4 Å². The number of nitrogens with one attached hydrogen (secondary N) is 2. The first kappa shape index (κ1) is 18.7. The third-order valence-corrected chi connectivity index (χ3v) is 7.81. The number of nitrogens with zero attached hydrogens (tertiary/aromatic N) is 2. The Morgan fingerprint density at radius 2 is 1.93 bits per heavy atom. The Kier molecular flexibility index (Phi) is 4.25. The molecule has 2 N–H and O–H groups in total. The Morgan fingerprint density at radius 1 is 1.14 bits per heavy atom. The van der Waals surface area contributed by atoms with Crippen LogP contribution < -0.4 is 14.9 Å². The fourth-order valence-electron chi connectivity index (χ4n) is 4.70. The number of halogens is 1. The summed E-state index contributed by atoms with van der Waals surface area (Å²) < 4.78 is 26.3. The van der Waals surface area contributed by atoms with Gasteiger partial charge < -0.3 is 10.2 Å². The Labute approximate surface area is 174 Å². The molecule has 152 valence electrons. The van der Waals surface area contributed by atoms with Gasteiger partial charge in [0.2, 0.25) is 15.9 Å². The number of fused-ring (bicyclic) bond motifs is 1. The quantitative estimate of drug-likeness (QED) is 0.761. The van der Waals surface area contributed by atoms with E-state index in [1.807, 2.05) is 12.1 Å². The van der Waals surface area contributed by atoms with Crippen LogP contribution in [-0.2, 0) is 20.6 Å². The van der Waals surface area contributed by atoms with Crippen LogP contribution in [0.1, 0.15) is 24.8 Å². The molecule has 3 aliphatic heterocycles. The fraction of sp³-hybridized carbons (Fsp3) is 0.400. The number of pyridine rings is 1. The molecule has 1 spiro atoms. The summed E-state index contributed by atoms with van der Waals surface area (Å²) in [5.74, 6) is 0.145. The molecule has 9 heteroatoms. The molecule has 0 radical (unpaired) electrons. The zero-order chi connectivity index (χ0) is 20.2. The maximum Gasteiger partial charge on any atom is 0.237 e. The molecule has 0 saturated carbocycles. The number of carbonyl (C=O) groups excluding carboxylic acids is 1. The minimum atomic E-state index is -3.30. The highest BCUT2D eigenvalue weighted by atomic mass is 35.5. The Morgan fingerprint density at radius 3 is 2.66 bits per heavy atom. The molecule has 0 atom stereocenters. The van der Waals surface area contributed by atoms with Gasteiger partial charge in [-0.05, 0) is 42.5 Å². The fourth-order valence-corrected chi connectivity index (χ4v) is 6.23. The van der Waals surface area contributed by atoms with Crippen molar-refractivity contribution in [2.45, 2.75) is 25.0 Å². The van der Waals surface area contributed by atoms with Crippen molar-refractivity contribution in [1.82, 2.24) is 10.3 Å². The van der Waals surface area contributed by atoms with Crippen LogP contribution in [-0.4, -0.2) is 38.9 Å². The molecule has 4 heterocycles. The minimum absolute atomic E-state index is 0.0269. The zero-order valence-electron chi connectivity index (χ0n) is 15.7. The molecule has 0 bridgehead atoms. The van der Waals surface area contributed by atoms with Gasteiger partial charge in [0.05, 0.1) is 27.6 Å². The number of rotatable bonds is 2. The first-order chi connectivity index (χ1) is 13.9. The van der Waals surface area contributed by atoms with Gasteiger partial charge in [0.15, 0.2) is 0 Å². The van der Waals surface area contributed by atoms with Crippen LogP contribution >= 0.6 is 11.6 Å². The van der Waals surface area contributed by atoms with Crippen LogP contribution in [0.2, 0.25) is 5.02 Å². The molecule has 2 aromatic rings. The molecule has 1 aromatic carbocycles. The van der Waals surface area contributed by atoms with E-state index >= 15 is 0 Å². The van der Waals surface area contributed by atoms with E-state index in [1.54, 1.807) is 18.5 Å². The SMILES string of the molecule is O=C1NCCC12CCN(c1c(Cl)cncc1-c1ccc3c(c1)CS(=O)(=O)N3)CC2. The third-order valence-electron chi connectivity index (χ3n) is 6.31. The molecule has 1 aromatic heterocycles. The Balaban J connectivity index is 1.48. The van der Waals surface area contributed by atoms with Gasteiger partial charge in [0.25, 0.3) is 0 Å². The van der Waals surface area contributed by atoms with Crippen LogP contribution in [0.25, 0.3) is 11.1 Å². The highest BCUT2D eigenvalue weighted by Crippen LogP contribution is 2.44. The molecule has 1 amide bonds. The van der Waals surface area contributed by atoms with Crippen LogP contribution in [0.3, 0.4) is 0 Å². The summed E-state index contributed by atoms with van der Waals surface area (Å²) in [6.07, 6.45) is 5.88. The third kappa shape index (κ3) is 3.14. The molecule has 0 aliphatic carbocycles. The molecule has 7 nitrogen and oxygen atoms in total. The van der Waals surface area contributed by atoms with Gasteiger partial charge >= 0.3 is 0 Å². The average Bonchev–Trinajstić information content (AvgIpc) is 3.19. The van der Waals surface area contributed by atoms with Crippen molar-refractivity contribution in [1.29, 1.82) is 0 Å². The van der Waals surface area contributed by atoms with Gasteiger partial charge in [-0.2, -0.15) is 0 Å². The van der Waals surface area contributed by atoms with Crippen molar-refractivity contribution in [3.05, 3.63) is 41.2 Å². The summed E-state index contributed by atoms with van der Waals surface area (Å²) in [7, 11) is -3.30. The number of aromatic nitrogens is 1. The average molecular weight is 433 g/mol. The van der Waals surface area contributed by atoms with Crippen molar-refractivity contribution >= 4 is 38.9 Å². The van der Waals surface area contributed by atoms with E-state index in [0.717, 1.165) is 61.3 Å². The Bertz CT molecular complexity index is 1110. The highest BCUT2D eigenvalue weighted by Gasteiger charge is 2.44. The highest BCUT2D eigenvalue weighted by molar-refractivity contribution is 7.92. The number of anilines is 2. The molecule has 2 saturated heterocycles. The van der Waals surface area contributed by atoms with E-state index in [4.69, 9.17) is 11.6 Å². The summed E-state index contributed by atoms with van der Waals surface area (Å²) in [6.45, 7) is 2.24. The summed E-state index contributed by atoms with van der Waals surface area (Å²) >= 11 is 6.56. The molecule has 29 heavy (non-hydrogen) atoms. The largest absolute Gasteiger partial charge is 0.370 e. The maximum atomic E-state index is 12.3. The van der Waals surface area contributed by atoms with Crippen molar-refractivity contribution in [2.24, 2.45) is 5.41 Å². The Hall–Kier alpha value is -2.32. The predicted molar refractivity (Wildman–Crippen MR) is 112 cm³/mol.